The van der Waals surface area contributed by atoms with Crippen molar-refractivity contribution in [1.29, 1.82) is 0 Å². The first kappa shape index (κ1) is 23.7. The number of nitrogens with one attached hydrogen (secondary N) is 1. The van der Waals surface area contributed by atoms with Gasteiger partial charge >= 0.3 is 5.97 Å². The molecule has 184 valence electrons. The molecule has 1 atom stereocenters. The van der Waals surface area contributed by atoms with Crippen LogP contribution in [0.1, 0.15) is 47.3 Å². The van der Waals surface area contributed by atoms with Crippen molar-refractivity contribution in [3.05, 3.63) is 93.8 Å². The van der Waals surface area contributed by atoms with Crippen molar-refractivity contribution in [2.24, 2.45) is 7.05 Å². The summed E-state index contributed by atoms with van der Waals surface area (Å²) in [4.78, 5) is 27.6. The van der Waals surface area contributed by atoms with E-state index in [1.807, 2.05) is 33.0 Å². The fourth-order valence-electron chi connectivity index (χ4n) is 5.25. The second-order valence-electron chi connectivity index (χ2n) is 9.67. The van der Waals surface area contributed by atoms with Crippen LogP contribution in [0, 0.1) is 6.92 Å². The standard InChI is InChI=1S/C30H31N3O3/c1-19-16-24(20(2)31-27-9-5-4-8-23(27)30(35)36)25-18-28(32(3)29(34)26(25)17-19)21-10-12-22(13-11-21)33-14-6-7-15-33/h4-5,8-13,16-18,20,31H,6-7,14-15H2,1-3H3,(H,35,36). The van der Waals surface area contributed by atoms with Gasteiger partial charge in [-0.1, -0.05) is 30.3 Å². The Kier molecular flexibility index (Phi) is 6.27. The maximum Gasteiger partial charge on any atom is 0.337 e. The molecule has 0 radical (unpaired) electrons. The van der Waals surface area contributed by atoms with E-state index in [1.54, 1.807) is 22.8 Å². The van der Waals surface area contributed by atoms with E-state index in [-0.39, 0.29) is 17.2 Å². The Hall–Kier alpha value is -4.06. The summed E-state index contributed by atoms with van der Waals surface area (Å²) in [5.74, 6) is -0.979. The number of rotatable bonds is 6. The Labute approximate surface area is 210 Å². The molecule has 0 amide bonds. The van der Waals surface area contributed by atoms with Crippen molar-refractivity contribution < 1.29 is 9.90 Å². The zero-order chi connectivity index (χ0) is 25.4. The molecule has 4 aromatic rings. The molecule has 6 nitrogen and oxygen atoms in total. The summed E-state index contributed by atoms with van der Waals surface area (Å²) < 4.78 is 1.72. The fraction of sp³-hybridized carbons (Fsp3) is 0.267. The van der Waals surface area contributed by atoms with Crippen molar-refractivity contribution in [3.8, 4) is 11.3 Å². The number of aromatic carboxylic acids is 1. The number of pyridine rings is 1. The van der Waals surface area contributed by atoms with Gasteiger partial charge in [-0.05, 0) is 85.2 Å². The Morgan fingerprint density at radius 2 is 1.67 bits per heavy atom. The minimum Gasteiger partial charge on any atom is -0.478 e. The van der Waals surface area contributed by atoms with Crippen LogP contribution in [0.25, 0.3) is 22.0 Å². The van der Waals surface area contributed by atoms with Gasteiger partial charge in [0, 0.05) is 42.9 Å². The van der Waals surface area contributed by atoms with Crippen LogP contribution in [0.3, 0.4) is 0 Å². The van der Waals surface area contributed by atoms with Gasteiger partial charge in [0.15, 0.2) is 0 Å². The molecule has 0 bridgehead atoms. The third-order valence-corrected chi connectivity index (χ3v) is 7.16. The number of hydrogen-bond acceptors (Lipinski definition) is 4. The molecule has 1 saturated heterocycles. The predicted octanol–water partition coefficient (Wildman–Crippen LogP) is 5.99. The summed E-state index contributed by atoms with van der Waals surface area (Å²) in [5.41, 5.74) is 5.72. The number of anilines is 2. The number of fused-ring (bicyclic) bond motifs is 1. The van der Waals surface area contributed by atoms with Crippen LogP contribution in [-0.2, 0) is 7.05 Å². The summed E-state index contributed by atoms with van der Waals surface area (Å²) in [6, 6.07) is 21.2. The lowest BCUT2D eigenvalue weighted by Crippen LogP contribution is -2.20. The fourth-order valence-corrected chi connectivity index (χ4v) is 5.25. The number of carboxylic acids is 1. The Balaban J connectivity index is 1.59. The first-order chi connectivity index (χ1) is 17.3. The molecule has 3 aromatic carbocycles. The monoisotopic (exact) mass is 481 g/mol. The van der Waals surface area contributed by atoms with E-state index in [0.717, 1.165) is 40.9 Å². The molecule has 1 aromatic heterocycles. The lowest BCUT2D eigenvalue weighted by molar-refractivity contribution is 0.0698. The molecule has 2 heterocycles. The molecular formula is C30H31N3O3. The number of carbonyl (C=O) groups is 1. The molecule has 2 N–H and O–H groups in total. The first-order valence-electron chi connectivity index (χ1n) is 12.4. The maximum absolute atomic E-state index is 13.5. The summed E-state index contributed by atoms with van der Waals surface area (Å²) in [6.45, 7) is 6.15. The first-order valence-corrected chi connectivity index (χ1v) is 12.4. The summed E-state index contributed by atoms with van der Waals surface area (Å²) in [5, 5.41) is 14.5. The highest BCUT2D eigenvalue weighted by atomic mass is 16.4. The number of nitrogens with zero attached hydrogens (tertiary/aromatic N) is 2. The topological polar surface area (TPSA) is 74.6 Å². The number of carboxylic acid groups (broad SMARTS) is 1. The highest BCUT2D eigenvalue weighted by Crippen LogP contribution is 2.32. The molecule has 1 unspecified atom stereocenters. The van der Waals surface area contributed by atoms with E-state index in [2.05, 4.69) is 46.6 Å². The van der Waals surface area contributed by atoms with Crippen LogP contribution in [0.4, 0.5) is 11.4 Å². The third-order valence-electron chi connectivity index (χ3n) is 7.16. The van der Waals surface area contributed by atoms with Gasteiger partial charge in [-0.3, -0.25) is 4.79 Å². The molecule has 1 aliphatic heterocycles. The lowest BCUT2D eigenvalue weighted by atomic mass is 9.95. The Bertz CT molecular complexity index is 1500. The average Bonchev–Trinajstić information content (AvgIpc) is 3.41. The van der Waals surface area contributed by atoms with E-state index in [1.165, 1.54) is 18.5 Å². The Morgan fingerprint density at radius 1 is 0.972 bits per heavy atom. The molecule has 0 spiro atoms. The van der Waals surface area contributed by atoms with Crippen LogP contribution in [0.2, 0.25) is 0 Å². The zero-order valence-corrected chi connectivity index (χ0v) is 20.9. The summed E-state index contributed by atoms with van der Waals surface area (Å²) in [7, 11) is 1.82. The van der Waals surface area contributed by atoms with Crippen LogP contribution < -0.4 is 15.8 Å². The molecule has 1 aliphatic rings. The van der Waals surface area contributed by atoms with Crippen molar-refractivity contribution in [2.75, 3.05) is 23.3 Å². The summed E-state index contributed by atoms with van der Waals surface area (Å²) >= 11 is 0. The van der Waals surface area contributed by atoms with Crippen LogP contribution in [-0.4, -0.2) is 28.7 Å². The zero-order valence-electron chi connectivity index (χ0n) is 20.9. The quantitative estimate of drug-likeness (QED) is 0.354. The van der Waals surface area contributed by atoms with Gasteiger partial charge < -0.3 is 19.9 Å². The highest BCUT2D eigenvalue weighted by Gasteiger charge is 2.18. The van der Waals surface area contributed by atoms with Crippen molar-refractivity contribution in [2.45, 2.75) is 32.7 Å². The van der Waals surface area contributed by atoms with E-state index >= 15 is 0 Å². The van der Waals surface area contributed by atoms with Gasteiger partial charge in [0.05, 0.1) is 11.3 Å². The number of hydrogen-bond donors (Lipinski definition) is 2. The lowest BCUT2D eigenvalue weighted by Gasteiger charge is -2.21. The van der Waals surface area contributed by atoms with Crippen LogP contribution in [0.15, 0.2) is 71.5 Å². The SMILES string of the molecule is Cc1cc(C(C)Nc2ccccc2C(=O)O)c2cc(-c3ccc(N4CCCC4)cc3)n(C)c(=O)c2c1. The van der Waals surface area contributed by atoms with Gasteiger partial charge in [0.1, 0.15) is 0 Å². The number of aryl methyl sites for hydroxylation is 1. The normalized spacial score (nSPS) is 14.2. The van der Waals surface area contributed by atoms with Gasteiger partial charge in [0.2, 0.25) is 0 Å². The number of benzene rings is 3. The molecule has 6 heteroatoms. The van der Waals surface area contributed by atoms with E-state index < -0.39 is 5.97 Å². The Morgan fingerprint density at radius 3 is 2.36 bits per heavy atom. The average molecular weight is 482 g/mol. The van der Waals surface area contributed by atoms with E-state index in [0.29, 0.717) is 11.1 Å². The molecule has 36 heavy (non-hydrogen) atoms. The van der Waals surface area contributed by atoms with Crippen LogP contribution >= 0.6 is 0 Å². The predicted molar refractivity (Wildman–Crippen MR) is 146 cm³/mol. The molecule has 1 fully saturated rings. The molecule has 0 aliphatic carbocycles. The van der Waals surface area contributed by atoms with Crippen molar-refractivity contribution in [3.63, 3.8) is 0 Å². The highest BCUT2D eigenvalue weighted by molar-refractivity contribution is 5.94. The van der Waals surface area contributed by atoms with E-state index in [9.17, 15) is 14.7 Å². The van der Waals surface area contributed by atoms with Crippen molar-refractivity contribution >= 4 is 28.1 Å². The van der Waals surface area contributed by atoms with E-state index in [4.69, 9.17) is 0 Å². The van der Waals surface area contributed by atoms with Crippen molar-refractivity contribution in [1.82, 2.24) is 4.57 Å². The van der Waals surface area contributed by atoms with Gasteiger partial charge in [-0.15, -0.1) is 0 Å². The summed E-state index contributed by atoms with van der Waals surface area (Å²) in [6.07, 6.45) is 2.46. The molecule has 5 rings (SSSR count). The minimum absolute atomic E-state index is 0.0470. The second-order valence-corrected chi connectivity index (χ2v) is 9.67. The molecular weight excluding hydrogens is 450 g/mol. The smallest absolute Gasteiger partial charge is 0.337 e. The van der Waals surface area contributed by atoms with Gasteiger partial charge in [-0.25, -0.2) is 4.79 Å². The largest absolute Gasteiger partial charge is 0.478 e. The molecule has 0 saturated carbocycles. The number of aromatic nitrogens is 1. The van der Waals surface area contributed by atoms with Gasteiger partial charge in [0.25, 0.3) is 5.56 Å². The van der Waals surface area contributed by atoms with Crippen LogP contribution in [0.5, 0.6) is 0 Å². The van der Waals surface area contributed by atoms with Gasteiger partial charge in [-0.2, -0.15) is 0 Å². The minimum atomic E-state index is -0.979. The number of para-hydroxylation sites is 1. The second kappa shape index (κ2) is 9.53. The maximum atomic E-state index is 13.5. The third kappa shape index (κ3) is 4.35.